The molecule has 2 N–H and O–H groups in total. The number of hydrogen-bond donors (Lipinski definition) is 3. The summed E-state index contributed by atoms with van der Waals surface area (Å²) in [5.41, 5.74) is 2.99. The van der Waals surface area contributed by atoms with Crippen molar-refractivity contribution in [3.63, 3.8) is 0 Å². The average molecular weight is 296 g/mol. The van der Waals surface area contributed by atoms with Crippen LogP contribution in [0.4, 0.5) is 4.39 Å². The molecule has 6 heteroatoms. The van der Waals surface area contributed by atoms with Crippen LogP contribution in [0, 0.1) is 5.82 Å². The van der Waals surface area contributed by atoms with Crippen molar-refractivity contribution in [1.29, 1.82) is 0 Å². The third-order valence-corrected chi connectivity index (χ3v) is 4.11. The van der Waals surface area contributed by atoms with E-state index in [2.05, 4.69) is 17.6 Å². The van der Waals surface area contributed by atoms with Crippen LogP contribution >= 0.6 is 24.8 Å². The molecule has 3 rings (SSSR count). The van der Waals surface area contributed by atoms with Crippen molar-refractivity contribution in [1.82, 2.24) is 9.88 Å². The Morgan fingerprint density at radius 3 is 3.05 bits per heavy atom. The first-order valence-electron chi connectivity index (χ1n) is 5.99. The monoisotopic (exact) mass is 296 g/mol. The molecular weight excluding hydrogens is 283 g/mol. The lowest BCUT2D eigenvalue weighted by Gasteiger charge is -2.35. The highest BCUT2D eigenvalue weighted by Crippen LogP contribution is 2.31. The van der Waals surface area contributed by atoms with Crippen LogP contribution in [0.1, 0.15) is 11.3 Å². The number of aliphatic hydroxyl groups is 1. The van der Waals surface area contributed by atoms with E-state index in [1.54, 1.807) is 6.07 Å². The standard InChI is InChI=1S/C13H13FN2OS2/c14-7-1-2-11-9(3-7)10-4-8(6-17)16(13(18)19)5-12(10)15-11/h1-3,8,15,17H,4-6H2,(H,18,19)/t8-/m0/s1. The van der Waals surface area contributed by atoms with Gasteiger partial charge in [-0.25, -0.2) is 4.39 Å². The largest absolute Gasteiger partial charge is 0.394 e. The number of hydrogen-bond acceptors (Lipinski definition) is 2. The summed E-state index contributed by atoms with van der Waals surface area (Å²) in [5, 5.41) is 10.4. The van der Waals surface area contributed by atoms with Crippen LogP contribution in [0.2, 0.25) is 0 Å². The molecular formula is C13H13FN2OS2. The van der Waals surface area contributed by atoms with E-state index in [-0.39, 0.29) is 18.5 Å². The topological polar surface area (TPSA) is 39.3 Å². The molecule has 19 heavy (non-hydrogen) atoms. The van der Waals surface area contributed by atoms with Gasteiger partial charge in [-0.15, -0.1) is 12.6 Å². The minimum absolute atomic E-state index is 0.00211. The maximum Gasteiger partial charge on any atom is 0.133 e. The number of aliphatic hydroxyl groups excluding tert-OH is 1. The molecule has 1 atom stereocenters. The van der Waals surface area contributed by atoms with Gasteiger partial charge in [-0.05, 0) is 30.2 Å². The second-order valence-electron chi connectivity index (χ2n) is 4.72. The first-order chi connectivity index (χ1) is 9.10. The van der Waals surface area contributed by atoms with Gasteiger partial charge in [-0.1, -0.05) is 12.2 Å². The maximum absolute atomic E-state index is 13.4. The van der Waals surface area contributed by atoms with E-state index >= 15 is 0 Å². The first-order valence-corrected chi connectivity index (χ1v) is 6.85. The number of aromatic amines is 1. The lowest BCUT2D eigenvalue weighted by Crippen LogP contribution is -2.43. The van der Waals surface area contributed by atoms with Crippen molar-refractivity contribution in [3.8, 4) is 0 Å². The molecule has 1 aliphatic rings. The van der Waals surface area contributed by atoms with Crippen LogP contribution in [-0.2, 0) is 13.0 Å². The summed E-state index contributed by atoms with van der Waals surface area (Å²) >= 11 is 9.29. The van der Waals surface area contributed by atoms with Gasteiger partial charge in [0, 0.05) is 16.6 Å². The SMILES string of the molecule is OC[C@@H]1Cc2c([nH]c3ccc(F)cc23)CN1C(=S)S. The van der Waals surface area contributed by atoms with Gasteiger partial charge in [0.25, 0.3) is 0 Å². The molecule has 2 heterocycles. The first kappa shape index (κ1) is 12.9. The van der Waals surface area contributed by atoms with Crippen LogP contribution in [0.15, 0.2) is 18.2 Å². The van der Waals surface area contributed by atoms with Gasteiger partial charge in [-0.3, -0.25) is 0 Å². The Hall–Kier alpha value is -1.11. The number of H-pyrrole nitrogens is 1. The number of nitrogens with one attached hydrogen (secondary N) is 1. The van der Waals surface area contributed by atoms with Gasteiger partial charge < -0.3 is 15.0 Å². The van der Waals surface area contributed by atoms with E-state index in [1.165, 1.54) is 12.1 Å². The number of fused-ring (bicyclic) bond motifs is 3. The van der Waals surface area contributed by atoms with Gasteiger partial charge in [0.2, 0.25) is 0 Å². The molecule has 0 amide bonds. The fourth-order valence-electron chi connectivity index (χ4n) is 2.68. The number of benzene rings is 1. The summed E-state index contributed by atoms with van der Waals surface area (Å²) in [6.07, 6.45) is 0.635. The summed E-state index contributed by atoms with van der Waals surface area (Å²) in [6.45, 7) is 0.571. The van der Waals surface area contributed by atoms with E-state index in [9.17, 15) is 9.50 Å². The molecule has 0 saturated heterocycles. The highest BCUT2D eigenvalue weighted by Gasteiger charge is 2.29. The number of halogens is 1. The van der Waals surface area contributed by atoms with E-state index in [1.807, 2.05) is 4.90 Å². The zero-order chi connectivity index (χ0) is 13.6. The number of thiol groups is 1. The van der Waals surface area contributed by atoms with E-state index in [0.29, 0.717) is 17.3 Å². The normalized spacial score (nSPS) is 18.7. The van der Waals surface area contributed by atoms with E-state index in [0.717, 1.165) is 22.2 Å². The van der Waals surface area contributed by atoms with Gasteiger partial charge in [-0.2, -0.15) is 0 Å². The summed E-state index contributed by atoms with van der Waals surface area (Å²) in [5.74, 6) is -0.248. The Balaban J connectivity index is 2.11. The molecule has 100 valence electrons. The predicted molar refractivity (Wildman–Crippen MR) is 80.0 cm³/mol. The van der Waals surface area contributed by atoms with Crippen LogP contribution in [0.25, 0.3) is 10.9 Å². The minimum Gasteiger partial charge on any atom is -0.394 e. The number of nitrogens with zero attached hydrogens (tertiary/aromatic N) is 1. The predicted octanol–water partition coefficient (Wildman–Crippen LogP) is 2.24. The smallest absolute Gasteiger partial charge is 0.133 e. The fraction of sp³-hybridized carbons (Fsp3) is 0.308. The molecule has 0 spiro atoms. The summed E-state index contributed by atoms with van der Waals surface area (Å²) in [7, 11) is 0. The lowest BCUT2D eigenvalue weighted by molar-refractivity contribution is 0.170. The Bertz CT molecular complexity index is 655. The Morgan fingerprint density at radius 1 is 1.58 bits per heavy atom. The van der Waals surface area contributed by atoms with Crippen molar-refractivity contribution in [2.45, 2.75) is 19.0 Å². The Morgan fingerprint density at radius 2 is 2.37 bits per heavy atom. The highest BCUT2D eigenvalue weighted by atomic mass is 32.1. The molecule has 1 aromatic heterocycles. The minimum atomic E-state index is -0.248. The maximum atomic E-state index is 13.4. The van der Waals surface area contributed by atoms with Crippen LogP contribution in [-0.4, -0.2) is 32.0 Å². The van der Waals surface area contributed by atoms with Gasteiger partial charge in [0.1, 0.15) is 10.1 Å². The van der Waals surface area contributed by atoms with Crippen LogP contribution in [0.5, 0.6) is 0 Å². The van der Waals surface area contributed by atoms with Gasteiger partial charge in [0.15, 0.2) is 0 Å². The quantitative estimate of drug-likeness (QED) is 0.558. The van der Waals surface area contributed by atoms with Crippen molar-refractivity contribution < 1.29 is 9.50 Å². The van der Waals surface area contributed by atoms with E-state index in [4.69, 9.17) is 12.2 Å². The van der Waals surface area contributed by atoms with E-state index < -0.39 is 0 Å². The summed E-state index contributed by atoms with van der Waals surface area (Å²) in [4.78, 5) is 5.17. The molecule has 0 fully saturated rings. The third-order valence-electron chi connectivity index (χ3n) is 3.62. The van der Waals surface area contributed by atoms with Crippen LogP contribution < -0.4 is 0 Å². The summed E-state index contributed by atoms with van der Waals surface area (Å²) in [6, 6.07) is 4.61. The second-order valence-corrected chi connectivity index (χ2v) is 5.84. The van der Waals surface area contributed by atoms with Crippen LogP contribution in [0.3, 0.4) is 0 Å². The molecule has 3 nitrogen and oxygen atoms in total. The molecule has 2 aromatic rings. The zero-order valence-electron chi connectivity index (χ0n) is 10.1. The molecule has 0 radical (unpaired) electrons. The number of aromatic nitrogens is 1. The third kappa shape index (κ3) is 2.13. The summed E-state index contributed by atoms with van der Waals surface area (Å²) < 4.78 is 13.8. The molecule has 1 aliphatic heterocycles. The zero-order valence-corrected chi connectivity index (χ0v) is 11.8. The number of thiocarbonyl (C=S) groups is 1. The molecule has 0 aliphatic carbocycles. The van der Waals surface area contributed by atoms with Crippen molar-refractivity contribution >= 4 is 40.1 Å². The average Bonchev–Trinajstić information content (AvgIpc) is 2.74. The fourth-order valence-corrected chi connectivity index (χ4v) is 3.12. The highest BCUT2D eigenvalue weighted by molar-refractivity contribution is 8.10. The molecule has 0 unspecified atom stereocenters. The molecule has 1 aromatic carbocycles. The van der Waals surface area contributed by atoms with Crippen molar-refractivity contribution in [3.05, 3.63) is 35.3 Å². The second kappa shape index (κ2) is 4.77. The van der Waals surface area contributed by atoms with Crippen molar-refractivity contribution in [2.75, 3.05) is 6.61 Å². The lowest BCUT2D eigenvalue weighted by atomic mass is 9.97. The van der Waals surface area contributed by atoms with Crippen molar-refractivity contribution in [2.24, 2.45) is 0 Å². The van der Waals surface area contributed by atoms with Gasteiger partial charge >= 0.3 is 0 Å². The molecule has 0 bridgehead atoms. The Labute approximate surface area is 120 Å². The Kier molecular flexibility index (Phi) is 3.24. The number of rotatable bonds is 1. The molecule has 0 saturated carbocycles. The van der Waals surface area contributed by atoms with Gasteiger partial charge in [0.05, 0.1) is 19.2 Å².